The Hall–Kier alpha value is -0.170. The van der Waals surface area contributed by atoms with Gasteiger partial charge in [-0.2, -0.15) is 12.7 Å². The Morgan fingerprint density at radius 3 is 2.33 bits per heavy atom. The second-order valence-electron chi connectivity index (χ2n) is 5.57. The summed E-state index contributed by atoms with van der Waals surface area (Å²) in [5.74, 6) is 0. The summed E-state index contributed by atoms with van der Waals surface area (Å²) in [7, 11) is -1.59. The largest absolute Gasteiger partial charge is 0.384 e. The van der Waals surface area contributed by atoms with E-state index in [1.165, 1.54) is 12.8 Å². The lowest BCUT2D eigenvalue weighted by molar-refractivity contribution is 0.0864. The highest BCUT2D eigenvalue weighted by Gasteiger charge is 2.36. The van der Waals surface area contributed by atoms with E-state index >= 15 is 0 Å². The molecule has 2 aliphatic rings. The molecule has 2 fully saturated rings. The highest BCUT2D eigenvalue weighted by atomic mass is 32.2. The minimum atomic E-state index is -3.28. The smallest absolute Gasteiger partial charge is 0.279 e. The Labute approximate surface area is 110 Å². The number of hydrogen-bond acceptors (Lipinski definition) is 3. The Morgan fingerprint density at radius 2 is 1.78 bits per heavy atom. The Balaban J connectivity index is 1.92. The van der Waals surface area contributed by atoms with Gasteiger partial charge in [0.2, 0.25) is 0 Å². The van der Waals surface area contributed by atoms with Crippen LogP contribution in [0.15, 0.2) is 0 Å². The molecule has 1 N–H and O–H groups in total. The van der Waals surface area contributed by atoms with Crippen molar-refractivity contribution in [3.05, 3.63) is 0 Å². The van der Waals surface area contributed by atoms with Gasteiger partial charge in [-0.05, 0) is 25.7 Å². The van der Waals surface area contributed by atoms with Crippen LogP contribution in [0.25, 0.3) is 0 Å². The second-order valence-corrected chi connectivity index (χ2v) is 7.33. The zero-order valence-corrected chi connectivity index (χ0v) is 12.0. The summed E-state index contributed by atoms with van der Waals surface area (Å²) in [4.78, 5) is 0. The van der Waals surface area contributed by atoms with Crippen LogP contribution < -0.4 is 4.72 Å². The zero-order valence-electron chi connectivity index (χ0n) is 11.2. The van der Waals surface area contributed by atoms with Crippen molar-refractivity contribution in [3.8, 4) is 0 Å². The van der Waals surface area contributed by atoms with E-state index < -0.39 is 10.2 Å². The van der Waals surface area contributed by atoms with Gasteiger partial charge >= 0.3 is 0 Å². The van der Waals surface area contributed by atoms with E-state index in [1.807, 2.05) is 0 Å². The lowest BCUT2D eigenvalue weighted by atomic mass is 9.87. The molecule has 1 heterocycles. The van der Waals surface area contributed by atoms with Crippen LogP contribution in [-0.2, 0) is 14.9 Å². The Bertz CT molecular complexity index is 358. The first-order valence-corrected chi connectivity index (χ1v) is 8.26. The van der Waals surface area contributed by atoms with Gasteiger partial charge in [-0.1, -0.05) is 12.8 Å². The average molecular weight is 276 g/mol. The molecular formula is C12H24N2O3S. The zero-order chi connectivity index (χ0) is 13.1. The molecule has 0 aromatic carbocycles. The standard InChI is InChI=1S/C12H24N2O3S/c1-17-11-12(6-2-3-7-12)10-13-18(15,16)14-8-4-5-9-14/h13H,2-11H2,1H3. The third kappa shape index (κ3) is 3.23. The fraction of sp³-hybridized carbons (Fsp3) is 1.00. The third-order valence-corrected chi connectivity index (χ3v) is 5.70. The van der Waals surface area contributed by atoms with Crippen LogP contribution in [0.2, 0.25) is 0 Å². The molecule has 2 rings (SSSR count). The van der Waals surface area contributed by atoms with Crippen molar-refractivity contribution in [1.29, 1.82) is 0 Å². The van der Waals surface area contributed by atoms with Crippen molar-refractivity contribution in [2.75, 3.05) is 33.4 Å². The lowest BCUT2D eigenvalue weighted by Gasteiger charge is -2.29. The van der Waals surface area contributed by atoms with Crippen molar-refractivity contribution in [2.45, 2.75) is 38.5 Å². The highest BCUT2D eigenvalue weighted by molar-refractivity contribution is 7.87. The highest BCUT2D eigenvalue weighted by Crippen LogP contribution is 2.37. The molecule has 0 atom stereocenters. The first-order valence-electron chi connectivity index (χ1n) is 6.82. The van der Waals surface area contributed by atoms with Gasteiger partial charge in [0.25, 0.3) is 10.2 Å². The molecule has 0 unspecified atom stereocenters. The molecule has 1 aliphatic heterocycles. The molecule has 5 nitrogen and oxygen atoms in total. The SMILES string of the molecule is COCC1(CNS(=O)(=O)N2CCCC2)CCCC1. The van der Waals surface area contributed by atoms with E-state index in [0.29, 0.717) is 26.2 Å². The van der Waals surface area contributed by atoms with Crippen molar-refractivity contribution in [1.82, 2.24) is 9.03 Å². The Morgan fingerprint density at radius 1 is 1.17 bits per heavy atom. The summed E-state index contributed by atoms with van der Waals surface area (Å²) in [5, 5.41) is 0. The van der Waals surface area contributed by atoms with E-state index in [9.17, 15) is 8.42 Å². The predicted octanol–water partition coefficient (Wildman–Crippen LogP) is 1.12. The first kappa shape index (κ1) is 14.2. The maximum absolute atomic E-state index is 12.1. The Kier molecular flexibility index (Phi) is 4.64. The molecule has 106 valence electrons. The van der Waals surface area contributed by atoms with Crippen LogP contribution in [-0.4, -0.2) is 46.1 Å². The van der Waals surface area contributed by atoms with Crippen LogP contribution in [0.1, 0.15) is 38.5 Å². The number of methoxy groups -OCH3 is 1. The fourth-order valence-corrected chi connectivity index (χ4v) is 4.48. The molecule has 0 spiro atoms. The minimum absolute atomic E-state index is 0.0154. The van der Waals surface area contributed by atoms with Crippen LogP contribution in [0.5, 0.6) is 0 Å². The van der Waals surface area contributed by atoms with Gasteiger partial charge in [0.05, 0.1) is 6.61 Å². The molecule has 6 heteroatoms. The minimum Gasteiger partial charge on any atom is -0.384 e. The number of hydrogen-bond donors (Lipinski definition) is 1. The summed E-state index contributed by atoms with van der Waals surface area (Å²) in [6.45, 7) is 2.48. The van der Waals surface area contributed by atoms with Gasteiger partial charge in [-0.3, -0.25) is 0 Å². The maximum atomic E-state index is 12.1. The van der Waals surface area contributed by atoms with E-state index in [2.05, 4.69) is 4.72 Å². The summed E-state index contributed by atoms with van der Waals surface area (Å²) in [5.41, 5.74) is 0.0154. The van der Waals surface area contributed by atoms with Crippen molar-refractivity contribution >= 4 is 10.2 Å². The molecular weight excluding hydrogens is 252 g/mol. The van der Waals surface area contributed by atoms with E-state index in [-0.39, 0.29) is 5.41 Å². The first-order chi connectivity index (χ1) is 8.58. The molecule has 1 saturated heterocycles. The van der Waals surface area contributed by atoms with Crippen molar-refractivity contribution in [2.24, 2.45) is 5.41 Å². The van der Waals surface area contributed by atoms with Crippen LogP contribution in [0.4, 0.5) is 0 Å². The molecule has 1 aliphatic carbocycles. The molecule has 0 aromatic rings. The van der Waals surface area contributed by atoms with Gasteiger partial charge in [-0.15, -0.1) is 0 Å². The van der Waals surface area contributed by atoms with Crippen molar-refractivity contribution in [3.63, 3.8) is 0 Å². The third-order valence-electron chi connectivity index (χ3n) is 4.15. The van der Waals surface area contributed by atoms with Crippen LogP contribution >= 0.6 is 0 Å². The quantitative estimate of drug-likeness (QED) is 0.791. The number of rotatable bonds is 6. The number of nitrogens with one attached hydrogen (secondary N) is 1. The van der Waals surface area contributed by atoms with Crippen LogP contribution in [0, 0.1) is 5.41 Å². The number of nitrogens with zero attached hydrogens (tertiary/aromatic N) is 1. The number of ether oxygens (including phenoxy) is 1. The topological polar surface area (TPSA) is 58.6 Å². The van der Waals surface area contributed by atoms with Gasteiger partial charge in [0.1, 0.15) is 0 Å². The lowest BCUT2D eigenvalue weighted by Crippen LogP contribution is -2.45. The normalized spacial score (nSPS) is 24.7. The fourth-order valence-electron chi connectivity index (χ4n) is 3.07. The van der Waals surface area contributed by atoms with Gasteiger partial charge < -0.3 is 4.74 Å². The molecule has 18 heavy (non-hydrogen) atoms. The molecule has 0 aromatic heterocycles. The summed E-state index contributed by atoms with van der Waals surface area (Å²) in [6.07, 6.45) is 6.42. The van der Waals surface area contributed by atoms with Gasteiger partial charge in [0.15, 0.2) is 0 Å². The van der Waals surface area contributed by atoms with Gasteiger partial charge in [-0.25, -0.2) is 4.72 Å². The summed E-state index contributed by atoms with van der Waals surface area (Å²) in [6, 6.07) is 0. The second kappa shape index (κ2) is 5.86. The van der Waals surface area contributed by atoms with E-state index in [0.717, 1.165) is 25.7 Å². The van der Waals surface area contributed by atoms with E-state index in [1.54, 1.807) is 11.4 Å². The maximum Gasteiger partial charge on any atom is 0.279 e. The van der Waals surface area contributed by atoms with Crippen molar-refractivity contribution < 1.29 is 13.2 Å². The molecule has 1 saturated carbocycles. The average Bonchev–Trinajstić information content (AvgIpc) is 2.99. The van der Waals surface area contributed by atoms with E-state index in [4.69, 9.17) is 4.74 Å². The predicted molar refractivity (Wildman–Crippen MR) is 70.5 cm³/mol. The van der Waals surface area contributed by atoms with Crippen LogP contribution in [0.3, 0.4) is 0 Å². The summed E-state index contributed by atoms with van der Waals surface area (Å²) >= 11 is 0. The molecule has 0 radical (unpaired) electrons. The summed E-state index contributed by atoms with van der Waals surface area (Å²) < 4.78 is 33.8. The van der Waals surface area contributed by atoms with Gasteiger partial charge in [0, 0.05) is 32.2 Å². The molecule has 0 amide bonds. The monoisotopic (exact) mass is 276 g/mol. The molecule has 0 bridgehead atoms.